The van der Waals surface area contributed by atoms with Gasteiger partial charge in [0.1, 0.15) is 0 Å². The van der Waals surface area contributed by atoms with Gasteiger partial charge >= 0.3 is 0 Å². The van der Waals surface area contributed by atoms with Crippen LogP contribution in [0.25, 0.3) is 0 Å². The predicted octanol–water partition coefficient (Wildman–Crippen LogP) is 4.05. The van der Waals surface area contributed by atoms with E-state index in [4.69, 9.17) is 23.2 Å². The minimum Gasteiger partial charge on any atom is -0.388 e. The molecular formula is C14H16Cl2N2O. The van der Waals surface area contributed by atoms with Crippen molar-refractivity contribution in [3.05, 3.63) is 51.8 Å². The Morgan fingerprint density at radius 2 is 1.89 bits per heavy atom. The third kappa shape index (κ3) is 3.30. The van der Waals surface area contributed by atoms with Gasteiger partial charge in [0.25, 0.3) is 0 Å². The molecule has 0 saturated heterocycles. The van der Waals surface area contributed by atoms with E-state index in [1.807, 2.05) is 24.7 Å². The van der Waals surface area contributed by atoms with Crippen LogP contribution in [0, 0.1) is 0 Å². The van der Waals surface area contributed by atoms with Gasteiger partial charge in [0, 0.05) is 34.3 Å². The van der Waals surface area contributed by atoms with Gasteiger partial charge in [0.05, 0.1) is 12.3 Å². The monoisotopic (exact) mass is 298 g/mol. The van der Waals surface area contributed by atoms with Crippen LogP contribution in [0.5, 0.6) is 0 Å². The third-order valence-corrected chi connectivity index (χ3v) is 3.70. The van der Waals surface area contributed by atoms with Gasteiger partial charge in [0.15, 0.2) is 0 Å². The molecule has 0 fully saturated rings. The van der Waals surface area contributed by atoms with Crippen LogP contribution in [-0.2, 0) is 6.42 Å². The second-order valence-corrected chi connectivity index (χ2v) is 5.58. The van der Waals surface area contributed by atoms with Crippen molar-refractivity contribution < 1.29 is 5.11 Å². The molecule has 3 nitrogen and oxygen atoms in total. The first-order valence-corrected chi connectivity index (χ1v) is 6.89. The molecule has 19 heavy (non-hydrogen) atoms. The zero-order valence-electron chi connectivity index (χ0n) is 10.8. The van der Waals surface area contributed by atoms with Crippen LogP contribution in [0.15, 0.2) is 30.6 Å². The number of aliphatic hydroxyl groups excluding tert-OH is 1. The molecule has 0 aliphatic carbocycles. The molecule has 1 aromatic carbocycles. The number of aromatic nitrogens is 2. The van der Waals surface area contributed by atoms with Crippen molar-refractivity contribution in [2.75, 3.05) is 0 Å². The maximum atomic E-state index is 10.2. The number of rotatable bonds is 4. The van der Waals surface area contributed by atoms with E-state index in [0.717, 1.165) is 11.1 Å². The second kappa shape index (κ2) is 5.95. The zero-order valence-corrected chi connectivity index (χ0v) is 12.4. The number of aliphatic hydroxyl groups is 1. The molecule has 0 bridgehead atoms. The quantitative estimate of drug-likeness (QED) is 0.925. The van der Waals surface area contributed by atoms with Crippen LogP contribution in [0.1, 0.15) is 37.1 Å². The number of benzene rings is 1. The Balaban J connectivity index is 2.18. The molecule has 1 N–H and O–H groups in total. The lowest BCUT2D eigenvalue weighted by Crippen LogP contribution is -2.03. The van der Waals surface area contributed by atoms with Crippen molar-refractivity contribution in [1.29, 1.82) is 0 Å². The van der Waals surface area contributed by atoms with E-state index in [9.17, 15) is 5.11 Å². The first-order chi connectivity index (χ1) is 8.99. The summed E-state index contributed by atoms with van der Waals surface area (Å²) in [6.45, 7) is 4.07. The maximum Gasteiger partial charge on any atom is 0.0861 e. The third-order valence-electron chi connectivity index (χ3n) is 2.99. The molecule has 0 aliphatic rings. The minimum atomic E-state index is -0.662. The molecular weight excluding hydrogens is 283 g/mol. The lowest BCUT2D eigenvalue weighted by Gasteiger charge is -2.11. The van der Waals surface area contributed by atoms with E-state index in [2.05, 4.69) is 5.10 Å². The molecule has 102 valence electrons. The van der Waals surface area contributed by atoms with Crippen LogP contribution in [0.3, 0.4) is 0 Å². The normalized spacial score (nSPS) is 12.9. The van der Waals surface area contributed by atoms with Crippen molar-refractivity contribution in [2.45, 2.75) is 32.4 Å². The zero-order chi connectivity index (χ0) is 14.0. The first kappa shape index (κ1) is 14.4. The number of halogens is 2. The summed E-state index contributed by atoms with van der Waals surface area (Å²) in [7, 11) is 0. The molecule has 2 aromatic rings. The van der Waals surface area contributed by atoms with Crippen LogP contribution in [-0.4, -0.2) is 14.9 Å². The van der Waals surface area contributed by atoms with E-state index in [1.54, 1.807) is 24.4 Å². The second-order valence-electron chi connectivity index (χ2n) is 4.77. The molecule has 1 heterocycles. The van der Waals surface area contributed by atoms with Gasteiger partial charge in [-0.25, -0.2) is 0 Å². The Morgan fingerprint density at radius 3 is 2.42 bits per heavy atom. The SMILES string of the molecule is CC(C)n1cc(C(O)Cc2c(Cl)cccc2Cl)cn1. The van der Waals surface area contributed by atoms with Crippen molar-refractivity contribution in [1.82, 2.24) is 9.78 Å². The Labute approximate surface area is 122 Å². The summed E-state index contributed by atoms with van der Waals surface area (Å²) >= 11 is 12.2. The van der Waals surface area contributed by atoms with Crippen molar-refractivity contribution in [3.63, 3.8) is 0 Å². The summed E-state index contributed by atoms with van der Waals surface area (Å²) in [5, 5.41) is 15.6. The molecule has 1 aromatic heterocycles. The minimum absolute atomic E-state index is 0.268. The number of hydrogen-bond acceptors (Lipinski definition) is 2. The van der Waals surface area contributed by atoms with E-state index in [0.29, 0.717) is 16.5 Å². The summed E-state index contributed by atoms with van der Waals surface area (Å²) in [5.74, 6) is 0. The van der Waals surface area contributed by atoms with E-state index in [-0.39, 0.29) is 6.04 Å². The highest BCUT2D eigenvalue weighted by Crippen LogP contribution is 2.29. The standard InChI is InChI=1S/C14H16Cl2N2O/c1-9(2)18-8-10(7-17-18)14(19)6-11-12(15)4-3-5-13(11)16/h3-5,7-9,14,19H,6H2,1-2H3. The van der Waals surface area contributed by atoms with E-state index in [1.165, 1.54) is 0 Å². The molecule has 0 spiro atoms. The summed E-state index contributed by atoms with van der Waals surface area (Å²) in [5.41, 5.74) is 1.53. The molecule has 0 saturated carbocycles. The Morgan fingerprint density at radius 1 is 1.26 bits per heavy atom. The van der Waals surface area contributed by atoms with Gasteiger partial charge in [-0.2, -0.15) is 5.10 Å². The van der Waals surface area contributed by atoms with Gasteiger partial charge < -0.3 is 5.11 Å². The van der Waals surface area contributed by atoms with Crippen LogP contribution >= 0.6 is 23.2 Å². The fourth-order valence-corrected chi connectivity index (χ4v) is 2.40. The average Bonchev–Trinajstić information content (AvgIpc) is 2.83. The van der Waals surface area contributed by atoms with Gasteiger partial charge in [-0.15, -0.1) is 0 Å². The largest absolute Gasteiger partial charge is 0.388 e. The molecule has 2 rings (SSSR count). The summed E-state index contributed by atoms with van der Waals surface area (Å²) < 4.78 is 1.81. The molecule has 1 atom stereocenters. The highest BCUT2D eigenvalue weighted by Gasteiger charge is 2.15. The topological polar surface area (TPSA) is 38.0 Å². The lowest BCUT2D eigenvalue weighted by atomic mass is 10.0. The van der Waals surface area contributed by atoms with Crippen molar-refractivity contribution in [3.8, 4) is 0 Å². The van der Waals surface area contributed by atoms with E-state index >= 15 is 0 Å². The molecule has 0 amide bonds. The maximum absolute atomic E-state index is 10.2. The summed E-state index contributed by atoms with van der Waals surface area (Å²) in [6, 6.07) is 5.60. The van der Waals surface area contributed by atoms with Crippen LogP contribution in [0.4, 0.5) is 0 Å². The lowest BCUT2D eigenvalue weighted by molar-refractivity contribution is 0.178. The highest BCUT2D eigenvalue weighted by atomic mass is 35.5. The van der Waals surface area contributed by atoms with Crippen LogP contribution in [0.2, 0.25) is 10.0 Å². The summed E-state index contributed by atoms with van der Waals surface area (Å²) in [4.78, 5) is 0. The van der Waals surface area contributed by atoms with Crippen molar-refractivity contribution in [2.24, 2.45) is 0 Å². The Hall–Kier alpha value is -1.03. The van der Waals surface area contributed by atoms with Gasteiger partial charge in [-0.1, -0.05) is 29.3 Å². The molecule has 5 heteroatoms. The van der Waals surface area contributed by atoms with Crippen LogP contribution < -0.4 is 0 Å². The average molecular weight is 299 g/mol. The number of nitrogens with zero attached hydrogens (tertiary/aromatic N) is 2. The molecule has 0 radical (unpaired) electrons. The molecule has 0 aliphatic heterocycles. The Bertz CT molecular complexity index is 546. The van der Waals surface area contributed by atoms with Crippen molar-refractivity contribution >= 4 is 23.2 Å². The predicted molar refractivity (Wildman–Crippen MR) is 77.7 cm³/mol. The van der Waals surface area contributed by atoms with Gasteiger partial charge in [-0.3, -0.25) is 4.68 Å². The summed E-state index contributed by atoms with van der Waals surface area (Å²) in [6.07, 6.45) is 3.24. The highest BCUT2D eigenvalue weighted by molar-refractivity contribution is 6.35. The smallest absolute Gasteiger partial charge is 0.0861 e. The molecule has 1 unspecified atom stereocenters. The van der Waals surface area contributed by atoms with E-state index < -0.39 is 6.10 Å². The van der Waals surface area contributed by atoms with Gasteiger partial charge in [0.2, 0.25) is 0 Å². The first-order valence-electron chi connectivity index (χ1n) is 6.14. The fourth-order valence-electron chi connectivity index (χ4n) is 1.85. The number of hydrogen-bond donors (Lipinski definition) is 1. The fraction of sp³-hybridized carbons (Fsp3) is 0.357. The Kier molecular flexibility index (Phi) is 4.50. The van der Waals surface area contributed by atoms with Gasteiger partial charge in [-0.05, 0) is 31.5 Å².